The maximum Gasteiger partial charge on any atom is 0.255 e. The van der Waals surface area contributed by atoms with Crippen LogP contribution in [0.15, 0.2) is 67.1 Å². The Bertz CT molecular complexity index is 1220. The first kappa shape index (κ1) is 21.3. The molecule has 164 valence electrons. The van der Waals surface area contributed by atoms with E-state index < -0.39 is 0 Å². The molecule has 8 heteroatoms. The van der Waals surface area contributed by atoms with Crippen molar-refractivity contribution in [2.75, 3.05) is 25.6 Å². The quantitative estimate of drug-likeness (QED) is 0.404. The Labute approximate surface area is 185 Å². The molecule has 3 aromatic heterocycles. The number of amides is 1. The van der Waals surface area contributed by atoms with E-state index in [1.54, 1.807) is 49.7 Å². The van der Waals surface area contributed by atoms with Gasteiger partial charge in [-0.2, -0.15) is 0 Å². The Morgan fingerprint density at radius 3 is 2.84 bits per heavy atom. The lowest BCUT2D eigenvalue weighted by atomic mass is 10.2. The maximum atomic E-state index is 12.8. The highest BCUT2D eigenvalue weighted by atomic mass is 16.5. The summed E-state index contributed by atoms with van der Waals surface area (Å²) in [4.78, 5) is 21.5. The van der Waals surface area contributed by atoms with E-state index in [2.05, 4.69) is 15.3 Å². The van der Waals surface area contributed by atoms with Crippen molar-refractivity contribution in [3.8, 4) is 11.6 Å². The van der Waals surface area contributed by atoms with Crippen molar-refractivity contribution in [1.29, 1.82) is 0 Å². The zero-order valence-electron chi connectivity index (χ0n) is 17.9. The molecule has 8 nitrogen and oxygen atoms in total. The zero-order valence-corrected chi connectivity index (χ0v) is 17.9. The minimum absolute atomic E-state index is 0.289. The van der Waals surface area contributed by atoms with Crippen LogP contribution in [0, 0.1) is 6.92 Å². The SMILES string of the molecule is COCCOc1ncccc1NC(=O)c1cccc(OCc2cn3cc(C)ccc3n2)c1. The van der Waals surface area contributed by atoms with Gasteiger partial charge in [0.1, 0.15) is 30.3 Å². The summed E-state index contributed by atoms with van der Waals surface area (Å²) in [5.41, 5.74) is 3.77. The van der Waals surface area contributed by atoms with Crippen LogP contribution in [0.5, 0.6) is 11.6 Å². The fraction of sp³-hybridized carbons (Fsp3) is 0.208. The van der Waals surface area contributed by atoms with Gasteiger partial charge in [0.25, 0.3) is 5.91 Å². The average Bonchev–Trinajstić information content (AvgIpc) is 3.21. The monoisotopic (exact) mass is 432 g/mol. The van der Waals surface area contributed by atoms with Crippen LogP contribution < -0.4 is 14.8 Å². The van der Waals surface area contributed by atoms with Gasteiger partial charge < -0.3 is 23.9 Å². The van der Waals surface area contributed by atoms with Crippen molar-refractivity contribution < 1.29 is 19.0 Å². The lowest BCUT2D eigenvalue weighted by Crippen LogP contribution is -2.14. The third-order valence-electron chi connectivity index (χ3n) is 4.68. The number of carbonyl (C=O) groups is 1. The van der Waals surface area contributed by atoms with Gasteiger partial charge in [-0.15, -0.1) is 0 Å². The number of benzene rings is 1. The highest BCUT2D eigenvalue weighted by Crippen LogP contribution is 2.22. The van der Waals surface area contributed by atoms with E-state index in [-0.39, 0.29) is 5.91 Å². The topological polar surface area (TPSA) is 87.0 Å². The number of methoxy groups -OCH3 is 1. The summed E-state index contributed by atoms with van der Waals surface area (Å²) >= 11 is 0. The van der Waals surface area contributed by atoms with Crippen LogP contribution in [0.2, 0.25) is 0 Å². The number of hydrogen-bond acceptors (Lipinski definition) is 6. The molecule has 1 amide bonds. The number of nitrogens with one attached hydrogen (secondary N) is 1. The molecule has 4 aromatic rings. The van der Waals surface area contributed by atoms with Gasteiger partial charge in [0.15, 0.2) is 0 Å². The predicted molar refractivity (Wildman–Crippen MR) is 120 cm³/mol. The van der Waals surface area contributed by atoms with Crippen LogP contribution >= 0.6 is 0 Å². The molecule has 0 aliphatic carbocycles. The van der Waals surface area contributed by atoms with Crippen LogP contribution in [0.1, 0.15) is 21.6 Å². The molecule has 0 fully saturated rings. The van der Waals surface area contributed by atoms with Crippen molar-refractivity contribution >= 4 is 17.2 Å². The third-order valence-corrected chi connectivity index (χ3v) is 4.68. The number of carbonyl (C=O) groups excluding carboxylic acids is 1. The van der Waals surface area contributed by atoms with E-state index in [1.165, 1.54) is 0 Å². The van der Waals surface area contributed by atoms with E-state index in [0.29, 0.717) is 42.7 Å². The van der Waals surface area contributed by atoms with E-state index >= 15 is 0 Å². The number of fused-ring (bicyclic) bond motifs is 1. The number of ether oxygens (including phenoxy) is 3. The summed E-state index contributed by atoms with van der Waals surface area (Å²) in [7, 11) is 1.59. The summed E-state index contributed by atoms with van der Waals surface area (Å²) in [6.07, 6.45) is 5.56. The van der Waals surface area contributed by atoms with Crippen LogP contribution in [-0.4, -0.2) is 40.6 Å². The van der Waals surface area contributed by atoms with Gasteiger partial charge in [0.05, 0.1) is 12.3 Å². The Morgan fingerprint density at radius 2 is 1.97 bits per heavy atom. The van der Waals surface area contributed by atoms with Gasteiger partial charge in [0, 0.05) is 31.3 Å². The largest absolute Gasteiger partial charge is 0.487 e. The first-order valence-corrected chi connectivity index (χ1v) is 10.2. The van der Waals surface area contributed by atoms with E-state index in [0.717, 1.165) is 16.9 Å². The molecule has 0 atom stereocenters. The summed E-state index contributed by atoms with van der Waals surface area (Å²) in [5, 5.41) is 2.84. The lowest BCUT2D eigenvalue weighted by molar-refractivity contribution is 0.102. The standard InChI is InChI=1S/C24H24N4O4/c1-17-8-9-22-26-19(15-28(22)14-17)16-32-20-6-3-5-18(13-20)23(29)27-21-7-4-10-25-24(21)31-12-11-30-2/h3-10,13-15H,11-12,16H2,1-2H3,(H,27,29). The molecule has 4 rings (SSSR count). The second-order valence-electron chi connectivity index (χ2n) is 7.17. The maximum absolute atomic E-state index is 12.8. The Morgan fingerprint density at radius 1 is 1.06 bits per heavy atom. The second kappa shape index (κ2) is 9.93. The average molecular weight is 432 g/mol. The molecule has 0 radical (unpaired) electrons. The number of anilines is 1. The van der Waals surface area contributed by atoms with Crippen LogP contribution in [0.4, 0.5) is 5.69 Å². The minimum atomic E-state index is -0.289. The van der Waals surface area contributed by atoms with Crippen LogP contribution in [0.25, 0.3) is 5.65 Å². The molecule has 0 aliphatic rings. The van der Waals surface area contributed by atoms with Gasteiger partial charge >= 0.3 is 0 Å². The number of hydrogen-bond donors (Lipinski definition) is 1. The molecule has 0 unspecified atom stereocenters. The molecule has 1 N–H and O–H groups in total. The predicted octanol–water partition coefficient (Wildman–Crippen LogP) is 3.89. The van der Waals surface area contributed by atoms with Crippen molar-refractivity contribution in [3.05, 3.63) is 83.9 Å². The number of imidazole rings is 1. The molecule has 1 aromatic carbocycles. The number of pyridine rings is 2. The molecule has 0 aliphatic heterocycles. The summed E-state index contributed by atoms with van der Waals surface area (Å²) in [5.74, 6) is 0.629. The Kier molecular flexibility index (Phi) is 6.62. The molecular weight excluding hydrogens is 408 g/mol. The molecule has 0 saturated carbocycles. The van der Waals surface area contributed by atoms with Crippen molar-refractivity contribution in [2.45, 2.75) is 13.5 Å². The molecule has 0 saturated heterocycles. The molecule has 0 spiro atoms. The molecule has 0 bridgehead atoms. The second-order valence-corrected chi connectivity index (χ2v) is 7.17. The Balaban J connectivity index is 1.41. The minimum Gasteiger partial charge on any atom is -0.487 e. The summed E-state index contributed by atoms with van der Waals surface area (Å²) in [6.45, 7) is 3.09. The van der Waals surface area contributed by atoms with Gasteiger partial charge in [-0.25, -0.2) is 9.97 Å². The summed E-state index contributed by atoms with van der Waals surface area (Å²) in [6, 6.07) is 14.4. The fourth-order valence-corrected chi connectivity index (χ4v) is 3.13. The van der Waals surface area contributed by atoms with Crippen molar-refractivity contribution in [1.82, 2.24) is 14.4 Å². The van der Waals surface area contributed by atoms with Crippen molar-refractivity contribution in [2.24, 2.45) is 0 Å². The number of aryl methyl sites for hydroxylation is 1. The highest BCUT2D eigenvalue weighted by molar-refractivity contribution is 6.05. The fourth-order valence-electron chi connectivity index (χ4n) is 3.13. The van der Waals surface area contributed by atoms with Crippen LogP contribution in [0.3, 0.4) is 0 Å². The third kappa shape index (κ3) is 5.22. The number of aromatic nitrogens is 3. The van der Waals surface area contributed by atoms with Crippen LogP contribution in [-0.2, 0) is 11.3 Å². The van der Waals surface area contributed by atoms with Gasteiger partial charge in [-0.3, -0.25) is 4.79 Å². The zero-order chi connectivity index (χ0) is 22.3. The number of rotatable bonds is 9. The first-order chi connectivity index (χ1) is 15.6. The smallest absolute Gasteiger partial charge is 0.255 e. The van der Waals surface area contributed by atoms with E-state index in [4.69, 9.17) is 14.2 Å². The first-order valence-electron chi connectivity index (χ1n) is 10.2. The van der Waals surface area contributed by atoms with Gasteiger partial charge in [-0.05, 0) is 48.9 Å². The number of nitrogens with zero attached hydrogens (tertiary/aromatic N) is 3. The van der Waals surface area contributed by atoms with Gasteiger partial charge in [0.2, 0.25) is 5.88 Å². The lowest BCUT2D eigenvalue weighted by Gasteiger charge is -2.11. The molecule has 3 heterocycles. The Hall–Kier alpha value is -3.91. The van der Waals surface area contributed by atoms with Gasteiger partial charge in [-0.1, -0.05) is 12.1 Å². The van der Waals surface area contributed by atoms with E-state index in [1.807, 2.05) is 35.9 Å². The highest BCUT2D eigenvalue weighted by Gasteiger charge is 2.12. The van der Waals surface area contributed by atoms with Crippen molar-refractivity contribution in [3.63, 3.8) is 0 Å². The summed E-state index contributed by atoms with van der Waals surface area (Å²) < 4.78 is 18.4. The van der Waals surface area contributed by atoms with E-state index in [9.17, 15) is 4.79 Å². The molecule has 32 heavy (non-hydrogen) atoms. The molecular formula is C24H24N4O4. The normalized spacial score (nSPS) is 10.8.